The minimum Gasteiger partial charge on any atom is -0.354 e. The standard InChI is InChI=1S/C15H21BrN2O3S2/c1-10(2)7-17-15(19)13-8-22-9-18(13)23(20,21)14-5-4-11(3)6-12(14)16/h4-6,10,13H,7-9H2,1-3H3,(H,17,19). The molecule has 1 saturated heterocycles. The van der Waals surface area contributed by atoms with Gasteiger partial charge in [0.2, 0.25) is 15.9 Å². The first-order valence-corrected chi connectivity index (χ1v) is 10.8. The van der Waals surface area contributed by atoms with E-state index in [1.54, 1.807) is 18.2 Å². The van der Waals surface area contributed by atoms with Crippen LogP contribution in [0.15, 0.2) is 27.6 Å². The number of halogens is 1. The van der Waals surface area contributed by atoms with E-state index in [9.17, 15) is 13.2 Å². The van der Waals surface area contributed by atoms with Crippen molar-refractivity contribution in [3.8, 4) is 0 Å². The van der Waals surface area contributed by atoms with Gasteiger partial charge in [0, 0.05) is 16.8 Å². The molecule has 1 aromatic rings. The van der Waals surface area contributed by atoms with Crippen LogP contribution in [0.3, 0.4) is 0 Å². The molecule has 1 N–H and O–H groups in total. The number of hydrogen-bond donors (Lipinski definition) is 1. The van der Waals surface area contributed by atoms with Gasteiger partial charge in [0.05, 0.1) is 10.8 Å². The molecule has 1 aliphatic rings. The van der Waals surface area contributed by atoms with Gasteiger partial charge in [-0.25, -0.2) is 8.42 Å². The van der Waals surface area contributed by atoms with Gasteiger partial charge in [-0.1, -0.05) is 19.9 Å². The highest BCUT2D eigenvalue weighted by Crippen LogP contribution is 2.32. The molecule has 0 spiro atoms. The normalized spacial score (nSPS) is 19.3. The Morgan fingerprint density at radius 1 is 1.48 bits per heavy atom. The average Bonchev–Trinajstić information content (AvgIpc) is 2.94. The van der Waals surface area contributed by atoms with E-state index in [2.05, 4.69) is 21.2 Å². The molecule has 128 valence electrons. The van der Waals surface area contributed by atoms with Gasteiger partial charge in [-0.15, -0.1) is 11.8 Å². The fourth-order valence-electron chi connectivity index (χ4n) is 2.23. The summed E-state index contributed by atoms with van der Waals surface area (Å²) in [6.07, 6.45) is 0. The Balaban J connectivity index is 2.25. The van der Waals surface area contributed by atoms with Gasteiger partial charge in [-0.05, 0) is 46.5 Å². The van der Waals surface area contributed by atoms with Crippen LogP contribution >= 0.6 is 27.7 Å². The number of carbonyl (C=O) groups is 1. The molecule has 1 fully saturated rings. The fraction of sp³-hybridized carbons (Fsp3) is 0.533. The molecule has 2 rings (SSSR count). The van der Waals surface area contributed by atoms with Crippen molar-refractivity contribution in [1.82, 2.24) is 9.62 Å². The van der Waals surface area contributed by atoms with Crippen molar-refractivity contribution in [2.75, 3.05) is 18.2 Å². The maximum absolute atomic E-state index is 12.9. The smallest absolute Gasteiger partial charge is 0.245 e. The largest absolute Gasteiger partial charge is 0.354 e. The molecule has 1 unspecified atom stereocenters. The Morgan fingerprint density at radius 3 is 2.78 bits per heavy atom. The lowest BCUT2D eigenvalue weighted by Crippen LogP contribution is -2.47. The second-order valence-electron chi connectivity index (χ2n) is 5.98. The minimum absolute atomic E-state index is 0.201. The van der Waals surface area contributed by atoms with Crippen molar-refractivity contribution in [3.05, 3.63) is 28.2 Å². The first-order valence-electron chi connectivity index (χ1n) is 7.37. The lowest BCUT2D eigenvalue weighted by atomic mass is 10.2. The van der Waals surface area contributed by atoms with Gasteiger partial charge in [0.1, 0.15) is 6.04 Å². The fourth-order valence-corrected chi connectivity index (χ4v) is 6.54. The first-order chi connectivity index (χ1) is 10.7. The number of hydrogen-bond acceptors (Lipinski definition) is 4. The molecule has 0 radical (unpaired) electrons. The zero-order valence-corrected chi connectivity index (χ0v) is 16.6. The molecule has 1 heterocycles. The van der Waals surface area contributed by atoms with Crippen LogP contribution < -0.4 is 5.32 Å². The lowest BCUT2D eigenvalue weighted by molar-refractivity contribution is -0.123. The van der Waals surface area contributed by atoms with Crippen molar-refractivity contribution in [3.63, 3.8) is 0 Å². The van der Waals surface area contributed by atoms with E-state index in [0.29, 0.717) is 28.6 Å². The van der Waals surface area contributed by atoms with E-state index in [1.165, 1.54) is 16.1 Å². The number of amides is 1. The van der Waals surface area contributed by atoms with E-state index in [4.69, 9.17) is 0 Å². The Bertz CT molecular complexity index is 692. The van der Waals surface area contributed by atoms with Crippen LogP contribution in [-0.4, -0.2) is 42.8 Å². The number of nitrogens with one attached hydrogen (secondary N) is 1. The van der Waals surface area contributed by atoms with Crippen molar-refractivity contribution in [2.24, 2.45) is 5.92 Å². The van der Waals surface area contributed by atoms with Crippen molar-refractivity contribution in [1.29, 1.82) is 0 Å². The maximum atomic E-state index is 12.9. The third-order valence-electron chi connectivity index (χ3n) is 3.50. The highest BCUT2D eigenvalue weighted by atomic mass is 79.9. The summed E-state index contributed by atoms with van der Waals surface area (Å²) in [5, 5.41) is 2.83. The van der Waals surface area contributed by atoms with Crippen LogP contribution in [-0.2, 0) is 14.8 Å². The van der Waals surface area contributed by atoms with Gasteiger partial charge >= 0.3 is 0 Å². The summed E-state index contributed by atoms with van der Waals surface area (Å²) in [6.45, 7) is 6.44. The molecule has 23 heavy (non-hydrogen) atoms. The quantitative estimate of drug-likeness (QED) is 0.794. The summed E-state index contributed by atoms with van der Waals surface area (Å²) < 4.78 is 27.7. The number of rotatable bonds is 5. The molecule has 1 amide bonds. The summed E-state index contributed by atoms with van der Waals surface area (Å²) in [7, 11) is -3.71. The molecule has 1 aliphatic heterocycles. The van der Waals surface area contributed by atoms with Gasteiger partial charge in [0.15, 0.2) is 0 Å². The molecule has 8 heteroatoms. The third-order valence-corrected chi connectivity index (χ3v) is 7.51. The number of nitrogens with zero attached hydrogens (tertiary/aromatic N) is 1. The van der Waals surface area contributed by atoms with Crippen LogP contribution in [0.2, 0.25) is 0 Å². The van der Waals surface area contributed by atoms with Gasteiger partial charge < -0.3 is 5.32 Å². The average molecular weight is 421 g/mol. The molecule has 0 aromatic heterocycles. The highest BCUT2D eigenvalue weighted by Gasteiger charge is 2.40. The molecule has 0 aliphatic carbocycles. The summed E-state index contributed by atoms with van der Waals surface area (Å²) in [4.78, 5) is 12.5. The van der Waals surface area contributed by atoms with Crippen molar-refractivity contribution in [2.45, 2.75) is 31.7 Å². The molecule has 0 bridgehead atoms. The Kier molecular flexibility index (Phi) is 6.16. The third kappa shape index (κ3) is 4.29. The van der Waals surface area contributed by atoms with Gasteiger partial charge in [-0.2, -0.15) is 4.31 Å². The maximum Gasteiger partial charge on any atom is 0.245 e. The number of thioether (sulfide) groups is 1. The lowest BCUT2D eigenvalue weighted by Gasteiger charge is -2.23. The Hall–Kier alpha value is -0.570. The summed E-state index contributed by atoms with van der Waals surface area (Å²) in [6, 6.07) is 4.45. The molecule has 1 atom stereocenters. The minimum atomic E-state index is -3.71. The van der Waals surface area contributed by atoms with E-state index in [-0.39, 0.29) is 10.8 Å². The number of sulfonamides is 1. The molecular formula is C15H21BrN2O3S2. The van der Waals surface area contributed by atoms with Crippen LogP contribution in [0.25, 0.3) is 0 Å². The van der Waals surface area contributed by atoms with E-state index in [1.807, 2.05) is 20.8 Å². The Morgan fingerprint density at radius 2 is 2.17 bits per heavy atom. The van der Waals surface area contributed by atoms with E-state index < -0.39 is 16.1 Å². The van der Waals surface area contributed by atoms with E-state index in [0.717, 1.165) is 5.56 Å². The molecule has 5 nitrogen and oxygen atoms in total. The topological polar surface area (TPSA) is 66.5 Å². The number of benzene rings is 1. The van der Waals surface area contributed by atoms with Crippen LogP contribution in [0.1, 0.15) is 19.4 Å². The molecular weight excluding hydrogens is 400 g/mol. The van der Waals surface area contributed by atoms with Crippen molar-refractivity contribution < 1.29 is 13.2 Å². The monoisotopic (exact) mass is 420 g/mol. The second kappa shape index (κ2) is 7.55. The molecule has 1 aromatic carbocycles. The number of aryl methyl sites for hydroxylation is 1. The predicted molar refractivity (Wildman–Crippen MR) is 96.9 cm³/mol. The van der Waals surface area contributed by atoms with Crippen LogP contribution in [0.4, 0.5) is 0 Å². The summed E-state index contributed by atoms with van der Waals surface area (Å²) in [5.74, 6) is 0.870. The Labute approximate surface area is 150 Å². The zero-order valence-electron chi connectivity index (χ0n) is 13.4. The highest BCUT2D eigenvalue weighted by molar-refractivity contribution is 9.10. The van der Waals surface area contributed by atoms with Crippen LogP contribution in [0.5, 0.6) is 0 Å². The van der Waals surface area contributed by atoms with Gasteiger partial charge in [-0.3, -0.25) is 4.79 Å². The van der Waals surface area contributed by atoms with E-state index >= 15 is 0 Å². The van der Waals surface area contributed by atoms with Crippen LogP contribution in [0, 0.1) is 12.8 Å². The van der Waals surface area contributed by atoms with Crippen molar-refractivity contribution >= 4 is 43.6 Å². The predicted octanol–water partition coefficient (Wildman–Crippen LogP) is 2.59. The molecule has 0 saturated carbocycles. The number of carbonyl (C=O) groups excluding carboxylic acids is 1. The summed E-state index contributed by atoms with van der Waals surface area (Å²) >= 11 is 4.78. The first kappa shape index (κ1) is 18.8. The summed E-state index contributed by atoms with van der Waals surface area (Å²) in [5.41, 5.74) is 0.970. The second-order valence-corrected chi connectivity index (χ2v) is 9.69. The SMILES string of the molecule is Cc1ccc(S(=O)(=O)N2CSCC2C(=O)NCC(C)C)c(Br)c1. The van der Waals surface area contributed by atoms with Gasteiger partial charge in [0.25, 0.3) is 0 Å². The zero-order chi connectivity index (χ0) is 17.2.